The van der Waals surface area contributed by atoms with Crippen LogP contribution < -0.4 is 8.92 Å². The molecule has 0 saturated carbocycles. The highest BCUT2D eigenvalue weighted by molar-refractivity contribution is 8.18. The van der Waals surface area contributed by atoms with Gasteiger partial charge in [-0.3, -0.25) is 14.5 Å². The monoisotopic (exact) mass is 565 g/mol. The Labute approximate surface area is 228 Å². The fraction of sp³-hybridized carbons (Fsp3) is 0.0714. The van der Waals surface area contributed by atoms with Crippen molar-refractivity contribution in [2.45, 2.75) is 11.4 Å². The topological polar surface area (TPSA) is 90.0 Å². The molecule has 0 aliphatic carbocycles. The molecule has 38 heavy (non-hydrogen) atoms. The lowest BCUT2D eigenvalue weighted by Crippen LogP contribution is -2.27. The number of amides is 2. The third-order valence-corrected chi connectivity index (χ3v) is 8.43. The summed E-state index contributed by atoms with van der Waals surface area (Å²) in [5.41, 5.74) is 1.19. The molecule has 0 spiro atoms. The molecule has 0 atom stereocenters. The third-order valence-electron chi connectivity index (χ3n) is 5.86. The first-order valence-corrected chi connectivity index (χ1v) is 14.0. The van der Waals surface area contributed by atoms with Crippen LogP contribution in [0.5, 0.6) is 11.5 Å². The van der Waals surface area contributed by atoms with E-state index in [4.69, 9.17) is 20.5 Å². The van der Waals surface area contributed by atoms with E-state index in [1.54, 1.807) is 54.6 Å². The van der Waals surface area contributed by atoms with Gasteiger partial charge in [-0.2, -0.15) is 8.42 Å². The van der Waals surface area contributed by atoms with Gasteiger partial charge in [-0.25, -0.2) is 0 Å². The number of halogens is 1. The van der Waals surface area contributed by atoms with E-state index in [0.717, 1.165) is 22.0 Å². The predicted octanol–water partition coefficient (Wildman–Crippen LogP) is 6.51. The zero-order chi connectivity index (χ0) is 26.9. The van der Waals surface area contributed by atoms with Crippen LogP contribution in [0.1, 0.15) is 11.1 Å². The molecule has 0 bridgehead atoms. The van der Waals surface area contributed by atoms with Crippen molar-refractivity contribution in [2.24, 2.45) is 0 Å². The number of methoxy groups -OCH3 is 1. The van der Waals surface area contributed by atoms with Gasteiger partial charge in [0.1, 0.15) is 4.90 Å². The molecule has 0 N–H and O–H groups in total. The van der Waals surface area contributed by atoms with Crippen molar-refractivity contribution in [1.29, 1.82) is 0 Å². The van der Waals surface area contributed by atoms with Gasteiger partial charge in [-0.15, -0.1) is 0 Å². The van der Waals surface area contributed by atoms with Crippen LogP contribution >= 0.6 is 23.4 Å². The Morgan fingerprint density at radius 3 is 2.45 bits per heavy atom. The molecule has 7 nitrogen and oxygen atoms in total. The highest BCUT2D eigenvalue weighted by Crippen LogP contribution is 2.37. The highest BCUT2D eigenvalue weighted by atomic mass is 35.5. The number of thioether (sulfide) groups is 1. The van der Waals surface area contributed by atoms with Crippen molar-refractivity contribution < 1.29 is 26.9 Å². The van der Waals surface area contributed by atoms with Crippen LogP contribution in [0.3, 0.4) is 0 Å². The van der Waals surface area contributed by atoms with E-state index in [9.17, 15) is 18.0 Å². The molecule has 1 aliphatic rings. The van der Waals surface area contributed by atoms with Gasteiger partial charge in [0.25, 0.3) is 11.1 Å². The average molecular weight is 566 g/mol. The molecule has 2 amide bonds. The normalized spacial score (nSPS) is 14.9. The number of ether oxygens (including phenoxy) is 1. The number of hydrogen-bond acceptors (Lipinski definition) is 7. The molecule has 4 aromatic rings. The standard InChI is InChI=1S/C28H20ClNO6S2/c1-35-24-15-18(16-25-27(31)30(28(32)37-25)17-20-8-3-5-11-22(20)29)13-14-23(24)36-38(33,34)26-12-6-9-19-7-2-4-10-21(19)26/h2-16H,17H2,1H3/b25-16-. The van der Waals surface area contributed by atoms with Gasteiger partial charge in [0.2, 0.25) is 0 Å². The van der Waals surface area contributed by atoms with Crippen LogP contribution in [0.15, 0.2) is 94.7 Å². The average Bonchev–Trinajstić information content (AvgIpc) is 3.17. The predicted molar refractivity (Wildman–Crippen MR) is 148 cm³/mol. The Kier molecular flexibility index (Phi) is 7.16. The van der Waals surface area contributed by atoms with Gasteiger partial charge in [-0.05, 0) is 58.6 Å². The fourth-order valence-corrected chi connectivity index (χ4v) is 6.20. The Morgan fingerprint density at radius 1 is 0.921 bits per heavy atom. The minimum Gasteiger partial charge on any atom is -0.493 e. The molecule has 5 rings (SSSR count). The van der Waals surface area contributed by atoms with Gasteiger partial charge < -0.3 is 8.92 Å². The third kappa shape index (κ3) is 5.13. The molecule has 0 radical (unpaired) electrons. The molecule has 0 unspecified atom stereocenters. The smallest absolute Gasteiger partial charge is 0.339 e. The maximum Gasteiger partial charge on any atom is 0.339 e. The summed E-state index contributed by atoms with van der Waals surface area (Å²) in [5.74, 6) is -0.306. The lowest BCUT2D eigenvalue weighted by molar-refractivity contribution is -0.123. The highest BCUT2D eigenvalue weighted by Gasteiger charge is 2.35. The summed E-state index contributed by atoms with van der Waals surface area (Å²) in [5, 5.41) is 1.37. The summed E-state index contributed by atoms with van der Waals surface area (Å²) in [7, 11) is -2.80. The van der Waals surface area contributed by atoms with Gasteiger partial charge >= 0.3 is 10.1 Å². The minimum atomic E-state index is -4.18. The molecule has 1 aliphatic heterocycles. The Morgan fingerprint density at radius 2 is 1.66 bits per heavy atom. The molecule has 1 fully saturated rings. The molecule has 10 heteroatoms. The van der Waals surface area contributed by atoms with Crippen LogP contribution in [0.2, 0.25) is 5.02 Å². The van der Waals surface area contributed by atoms with Crippen LogP contribution in [0.25, 0.3) is 16.8 Å². The van der Waals surface area contributed by atoms with E-state index in [2.05, 4.69) is 0 Å². The van der Waals surface area contributed by atoms with Crippen molar-refractivity contribution in [3.05, 3.63) is 106 Å². The maximum absolute atomic E-state index is 13.1. The van der Waals surface area contributed by atoms with Crippen molar-refractivity contribution in [3.8, 4) is 11.5 Å². The van der Waals surface area contributed by atoms with E-state index in [0.29, 0.717) is 21.5 Å². The quantitative estimate of drug-likeness (QED) is 0.186. The van der Waals surface area contributed by atoms with E-state index in [-0.39, 0.29) is 27.8 Å². The molecule has 192 valence electrons. The maximum atomic E-state index is 13.1. The molecule has 4 aromatic carbocycles. The van der Waals surface area contributed by atoms with Gasteiger partial charge in [0.15, 0.2) is 11.5 Å². The lowest BCUT2D eigenvalue weighted by Gasteiger charge is -2.13. The number of fused-ring (bicyclic) bond motifs is 1. The molecular formula is C28H20ClNO6S2. The number of nitrogens with zero attached hydrogens (tertiary/aromatic N) is 1. The zero-order valence-corrected chi connectivity index (χ0v) is 22.3. The molecule has 0 aromatic heterocycles. The van der Waals surface area contributed by atoms with Crippen molar-refractivity contribution in [2.75, 3.05) is 7.11 Å². The first-order valence-electron chi connectivity index (χ1n) is 11.4. The Hall–Kier alpha value is -3.79. The van der Waals surface area contributed by atoms with Crippen LogP contribution in [-0.4, -0.2) is 31.6 Å². The summed E-state index contributed by atoms with van der Waals surface area (Å²) in [6, 6.07) is 23.6. The summed E-state index contributed by atoms with van der Waals surface area (Å²) in [4.78, 5) is 26.9. The number of carbonyl (C=O) groups excluding carboxylic acids is 2. The van der Waals surface area contributed by atoms with E-state index in [1.807, 2.05) is 18.2 Å². The molecular weight excluding hydrogens is 546 g/mol. The second kappa shape index (κ2) is 10.5. The summed E-state index contributed by atoms with van der Waals surface area (Å²) < 4.78 is 37.1. The summed E-state index contributed by atoms with van der Waals surface area (Å²) in [6.07, 6.45) is 1.54. The summed E-state index contributed by atoms with van der Waals surface area (Å²) >= 11 is 7.00. The lowest BCUT2D eigenvalue weighted by atomic mass is 10.1. The first kappa shape index (κ1) is 25.8. The zero-order valence-electron chi connectivity index (χ0n) is 20.0. The number of rotatable bonds is 7. The van der Waals surface area contributed by atoms with Gasteiger partial charge in [0, 0.05) is 10.4 Å². The molecule has 1 heterocycles. The van der Waals surface area contributed by atoms with Crippen LogP contribution in [0, 0.1) is 0 Å². The van der Waals surface area contributed by atoms with Crippen molar-refractivity contribution >= 4 is 61.5 Å². The second-order valence-corrected chi connectivity index (χ2v) is 11.2. The second-order valence-electron chi connectivity index (χ2n) is 8.28. The first-order chi connectivity index (χ1) is 18.3. The Balaban J connectivity index is 1.40. The SMILES string of the molecule is COc1cc(/C=C2\SC(=O)N(Cc3ccccc3Cl)C2=O)ccc1OS(=O)(=O)c1cccc2ccccc12. The largest absolute Gasteiger partial charge is 0.493 e. The van der Waals surface area contributed by atoms with E-state index in [1.165, 1.54) is 25.3 Å². The number of carbonyl (C=O) groups is 2. The fourth-order valence-electron chi connectivity index (χ4n) is 4.00. The van der Waals surface area contributed by atoms with Gasteiger partial charge in [-0.1, -0.05) is 72.3 Å². The van der Waals surface area contributed by atoms with E-state index >= 15 is 0 Å². The number of benzene rings is 4. The Bertz CT molecular complexity index is 1710. The van der Waals surface area contributed by atoms with Crippen LogP contribution in [-0.2, 0) is 21.5 Å². The number of imide groups is 1. The van der Waals surface area contributed by atoms with Crippen LogP contribution in [0.4, 0.5) is 4.79 Å². The number of hydrogen-bond donors (Lipinski definition) is 0. The van der Waals surface area contributed by atoms with Gasteiger partial charge in [0.05, 0.1) is 18.6 Å². The van der Waals surface area contributed by atoms with Crippen molar-refractivity contribution in [1.82, 2.24) is 4.90 Å². The molecule has 1 saturated heterocycles. The summed E-state index contributed by atoms with van der Waals surface area (Å²) in [6.45, 7) is 0.0593. The minimum absolute atomic E-state index is 0.00981. The van der Waals surface area contributed by atoms with E-state index < -0.39 is 21.3 Å². The van der Waals surface area contributed by atoms with Crippen molar-refractivity contribution in [3.63, 3.8) is 0 Å².